The van der Waals surface area contributed by atoms with Crippen LogP contribution in [0.15, 0.2) is 42.5 Å². The molecule has 0 radical (unpaired) electrons. The number of alkyl halides is 3. The lowest BCUT2D eigenvalue weighted by atomic mass is 10.0. The van der Waals surface area contributed by atoms with Crippen LogP contribution >= 0.6 is 12.2 Å². The van der Waals surface area contributed by atoms with Crippen molar-refractivity contribution in [3.8, 4) is 6.07 Å². The van der Waals surface area contributed by atoms with Crippen LogP contribution in [0.4, 0.5) is 24.5 Å². The highest BCUT2D eigenvalue weighted by molar-refractivity contribution is 7.80. The fraction of sp³-hybridized carbons (Fsp3) is 0.400. The molecule has 2 aromatic carbocycles. The Bertz CT molecular complexity index is 1170. The van der Waals surface area contributed by atoms with Gasteiger partial charge in [0.05, 0.1) is 22.9 Å². The first-order chi connectivity index (χ1) is 16.1. The van der Waals surface area contributed by atoms with Crippen molar-refractivity contribution in [3.63, 3.8) is 0 Å². The van der Waals surface area contributed by atoms with Gasteiger partial charge in [-0.15, -0.1) is 0 Å². The van der Waals surface area contributed by atoms with Crippen molar-refractivity contribution in [3.05, 3.63) is 59.2 Å². The summed E-state index contributed by atoms with van der Waals surface area (Å²) in [5.74, 6) is -0.390. The Morgan fingerprint density at radius 3 is 2.59 bits per heavy atom. The maximum absolute atomic E-state index is 13.5. The number of carbonyl (C=O) groups is 1. The lowest BCUT2D eigenvalue weighted by molar-refractivity contribution is -0.137. The molecule has 9 heteroatoms. The first-order valence-electron chi connectivity index (χ1n) is 11.2. The fourth-order valence-electron chi connectivity index (χ4n) is 4.71. The molecular formula is C25H25F3N4OS. The highest BCUT2D eigenvalue weighted by Crippen LogP contribution is 2.38. The number of fused-ring (bicyclic) bond motifs is 1. The van der Waals surface area contributed by atoms with Gasteiger partial charge < -0.3 is 9.80 Å². The molecule has 2 aromatic rings. The smallest absolute Gasteiger partial charge is 0.371 e. The molecule has 178 valence electrons. The number of aryl methyl sites for hydroxylation is 1. The van der Waals surface area contributed by atoms with E-state index in [4.69, 9.17) is 17.5 Å². The quantitative estimate of drug-likeness (QED) is 0.549. The van der Waals surface area contributed by atoms with E-state index in [1.54, 1.807) is 24.8 Å². The second kappa shape index (κ2) is 8.91. The maximum atomic E-state index is 13.5. The molecule has 34 heavy (non-hydrogen) atoms. The van der Waals surface area contributed by atoms with Crippen LogP contribution in [0.1, 0.15) is 43.4 Å². The number of nitriles is 1. The topological polar surface area (TPSA) is 50.6 Å². The Labute approximate surface area is 202 Å². The zero-order valence-corrected chi connectivity index (χ0v) is 19.8. The Hall–Kier alpha value is -3.12. The number of carbonyl (C=O) groups excluding carboxylic acids is 1. The number of amides is 1. The van der Waals surface area contributed by atoms with Gasteiger partial charge in [-0.25, -0.2) is 0 Å². The SMILES string of the molecule is CC1(C)C(=O)N(c2ccc(C#N)c(C(F)(F)F)c2)C(=S)N1CCCN1CCCc2ccccc21. The average Bonchev–Trinajstić information content (AvgIpc) is 2.97. The molecular weight excluding hydrogens is 461 g/mol. The van der Waals surface area contributed by atoms with Gasteiger partial charge in [-0.2, -0.15) is 18.4 Å². The van der Waals surface area contributed by atoms with Gasteiger partial charge >= 0.3 is 6.18 Å². The zero-order chi connectivity index (χ0) is 24.7. The molecule has 1 fully saturated rings. The molecule has 2 aliphatic rings. The van der Waals surface area contributed by atoms with Crippen molar-refractivity contribution >= 4 is 34.6 Å². The summed E-state index contributed by atoms with van der Waals surface area (Å²) in [7, 11) is 0. The standard InChI is InChI=1S/C25H25F3N4OS/c1-24(2)22(33)32(19-11-10-18(16-29)20(15-19)25(26,27)28)23(34)31(24)14-6-13-30-12-5-8-17-7-3-4-9-21(17)30/h3-4,7,9-11,15H,5-6,8,12-14H2,1-2H3. The summed E-state index contributed by atoms with van der Waals surface area (Å²) >= 11 is 5.57. The van der Waals surface area contributed by atoms with E-state index < -0.39 is 28.7 Å². The van der Waals surface area contributed by atoms with E-state index in [9.17, 15) is 18.0 Å². The minimum Gasteiger partial charge on any atom is -0.371 e. The second-order valence-corrected chi connectivity index (χ2v) is 9.41. The van der Waals surface area contributed by atoms with E-state index in [2.05, 4.69) is 17.0 Å². The molecule has 0 aliphatic carbocycles. The third kappa shape index (κ3) is 4.23. The number of halogens is 3. The number of thiocarbonyl (C=S) groups is 1. The molecule has 0 spiro atoms. The summed E-state index contributed by atoms with van der Waals surface area (Å²) in [6, 6.07) is 13.1. The summed E-state index contributed by atoms with van der Waals surface area (Å²) in [6.07, 6.45) is -1.84. The highest BCUT2D eigenvalue weighted by Gasteiger charge is 2.49. The lowest BCUT2D eigenvalue weighted by Crippen LogP contribution is -2.45. The number of hydrogen-bond acceptors (Lipinski definition) is 4. The van der Waals surface area contributed by atoms with Crippen molar-refractivity contribution < 1.29 is 18.0 Å². The summed E-state index contributed by atoms with van der Waals surface area (Å²) < 4.78 is 40.4. The summed E-state index contributed by atoms with van der Waals surface area (Å²) in [4.78, 5) is 18.5. The Balaban J connectivity index is 1.53. The van der Waals surface area contributed by atoms with Crippen LogP contribution in [0.2, 0.25) is 0 Å². The average molecular weight is 487 g/mol. The Morgan fingerprint density at radius 1 is 1.15 bits per heavy atom. The van der Waals surface area contributed by atoms with Crippen molar-refractivity contribution in [1.82, 2.24) is 4.90 Å². The number of nitrogens with zero attached hydrogens (tertiary/aromatic N) is 4. The largest absolute Gasteiger partial charge is 0.417 e. The van der Waals surface area contributed by atoms with Crippen LogP contribution in [0.25, 0.3) is 0 Å². The van der Waals surface area contributed by atoms with E-state index in [1.807, 2.05) is 12.1 Å². The number of benzene rings is 2. The van der Waals surface area contributed by atoms with Gasteiger partial charge in [0.15, 0.2) is 5.11 Å². The molecule has 0 atom stereocenters. The van der Waals surface area contributed by atoms with Crippen molar-refractivity contribution in [2.75, 3.05) is 29.4 Å². The maximum Gasteiger partial charge on any atom is 0.417 e. The molecule has 0 saturated carbocycles. The summed E-state index contributed by atoms with van der Waals surface area (Å²) in [5.41, 5.74) is 0.000480. The first-order valence-corrected chi connectivity index (χ1v) is 11.6. The van der Waals surface area contributed by atoms with Gasteiger partial charge in [0.1, 0.15) is 5.54 Å². The summed E-state index contributed by atoms with van der Waals surface area (Å²) in [6.45, 7) is 5.70. The Morgan fingerprint density at radius 2 is 1.88 bits per heavy atom. The minimum atomic E-state index is -4.72. The number of rotatable bonds is 5. The van der Waals surface area contributed by atoms with Gasteiger partial charge in [-0.3, -0.25) is 9.69 Å². The monoisotopic (exact) mass is 486 g/mol. The van der Waals surface area contributed by atoms with Gasteiger partial charge in [0.2, 0.25) is 0 Å². The second-order valence-electron chi connectivity index (χ2n) is 9.05. The zero-order valence-electron chi connectivity index (χ0n) is 19.0. The number of para-hydroxylation sites is 1. The van der Waals surface area contributed by atoms with E-state index in [-0.39, 0.29) is 10.8 Å². The van der Waals surface area contributed by atoms with E-state index in [0.29, 0.717) is 6.54 Å². The Kier molecular flexibility index (Phi) is 6.30. The third-order valence-electron chi connectivity index (χ3n) is 6.53. The predicted octanol–water partition coefficient (Wildman–Crippen LogP) is 5.13. The van der Waals surface area contributed by atoms with Gasteiger partial charge in [-0.1, -0.05) is 18.2 Å². The molecule has 0 bridgehead atoms. The first kappa shape index (κ1) is 24.0. The van der Waals surface area contributed by atoms with Gasteiger partial charge in [0, 0.05) is 25.3 Å². The molecule has 0 unspecified atom stereocenters. The van der Waals surface area contributed by atoms with Crippen LogP contribution in [0, 0.1) is 11.3 Å². The van der Waals surface area contributed by atoms with E-state index >= 15 is 0 Å². The van der Waals surface area contributed by atoms with Crippen LogP contribution in [-0.2, 0) is 17.4 Å². The minimum absolute atomic E-state index is 0.0156. The van der Waals surface area contributed by atoms with Crippen molar-refractivity contribution in [2.45, 2.75) is 44.8 Å². The number of hydrogen-bond donors (Lipinski definition) is 0. The van der Waals surface area contributed by atoms with Crippen molar-refractivity contribution in [1.29, 1.82) is 5.26 Å². The molecule has 2 heterocycles. The van der Waals surface area contributed by atoms with Gasteiger partial charge in [-0.05, 0) is 75.2 Å². The summed E-state index contributed by atoms with van der Waals surface area (Å²) in [5, 5.41) is 9.24. The lowest BCUT2D eigenvalue weighted by Gasteiger charge is -2.33. The molecule has 0 N–H and O–H groups in total. The third-order valence-corrected chi connectivity index (χ3v) is 6.93. The normalized spacial score (nSPS) is 17.7. The van der Waals surface area contributed by atoms with Crippen LogP contribution < -0.4 is 9.80 Å². The molecule has 1 amide bonds. The van der Waals surface area contributed by atoms with Crippen LogP contribution in [0.3, 0.4) is 0 Å². The molecule has 0 aromatic heterocycles. The fourth-order valence-corrected chi connectivity index (χ4v) is 5.21. The molecule has 1 saturated heterocycles. The predicted molar refractivity (Wildman–Crippen MR) is 129 cm³/mol. The van der Waals surface area contributed by atoms with E-state index in [0.717, 1.165) is 49.4 Å². The van der Waals surface area contributed by atoms with E-state index in [1.165, 1.54) is 17.3 Å². The highest BCUT2D eigenvalue weighted by atomic mass is 32.1. The van der Waals surface area contributed by atoms with Crippen LogP contribution in [-0.4, -0.2) is 41.1 Å². The number of anilines is 2. The molecule has 5 nitrogen and oxygen atoms in total. The molecule has 4 rings (SSSR count). The van der Waals surface area contributed by atoms with Crippen LogP contribution in [0.5, 0.6) is 0 Å². The molecule has 2 aliphatic heterocycles. The van der Waals surface area contributed by atoms with Gasteiger partial charge in [0.25, 0.3) is 5.91 Å². The van der Waals surface area contributed by atoms with Crippen molar-refractivity contribution in [2.24, 2.45) is 0 Å².